The van der Waals surface area contributed by atoms with Gasteiger partial charge in [0.25, 0.3) is 0 Å². The smallest absolute Gasteiger partial charge is 0.294 e. The van der Waals surface area contributed by atoms with Gasteiger partial charge >= 0.3 is 6.18 Å². The van der Waals surface area contributed by atoms with Crippen LogP contribution in [0, 0.1) is 11.7 Å². The second-order valence-corrected chi connectivity index (χ2v) is 5.38. The number of nitrogens with zero attached hydrogens (tertiary/aromatic N) is 1. The molecule has 0 aliphatic carbocycles. The monoisotopic (exact) mass is 305 g/mol. The molecule has 0 radical (unpaired) electrons. The molecule has 0 amide bonds. The molecule has 1 aromatic carbocycles. The highest BCUT2D eigenvalue weighted by Crippen LogP contribution is 2.20. The van der Waals surface area contributed by atoms with Gasteiger partial charge in [-0.3, -0.25) is 9.69 Å². The number of carbonyl (C=O) groups excluding carboxylic acids is 1. The molecule has 0 bridgehead atoms. The van der Waals surface area contributed by atoms with Crippen molar-refractivity contribution in [2.24, 2.45) is 5.92 Å². The SMILES string of the molecule is CC(CN(CC(F)(F)F)C(C)C)C(=O)c1ccccc1F. The molecule has 1 rings (SSSR count). The van der Waals surface area contributed by atoms with Crippen LogP contribution in [0.4, 0.5) is 17.6 Å². The zero-order chi connectivity index (χ0) is 16.2. The molecule has 0 heterocycles. The first-order valence-electron chi connectivity index (χ1n) is 6.71. The van der Waals surface area contributed by atoms with E-state index in [4.69, 9.17) is 0 Å². The first-order chi connectivity index (χ1) is 9.61. The van der Waals surface area contributed by atoms with Gasteiger partial charge in [-0.1, -0.05) is 19.1 Å². The Labute approximate surface area is 121 Å². The topological polar surface area (TPSA) is 20.3 Å². The van der Waals surface area contributed by atoms with E-state index in [-0.39, 0.29) is 18.2 Å². The summed E-state index contributed by atoms with van der Waals surface area (Å²) in [4.78, 5) is 13.3. The molecule has 1 aromatic rings. The average Bonchev–Trinajstić information content (AvgIpc) is 2.36. The fourth-order valence-electron chi connectivity index (χ4n) is 2.05. The molecule has 21 heavy (non-hydrogen) atoms. The van der Waals surface area contributed by atoms with Crippen molar-refractivity contribution in [2.45, 2.75) is 33.0 Å². The molecule has 0 spiro atoms. The molecule has 0 saturated carbocycles. The number of hydrogen-bond acceptors (Lipinski definition) is 2. The second kappa shape index (κ2) is 7.02. The predicted molar refractivity (Wildman–Crippen MR) is 72.7 cm³/mol. The minimum atomic E-state index is -4.33. The molecule has 0 aromatic heterocycles. The van der Waals surface area contributed by atoms with Crippen LogP contribution in [0.5, 0.6) is 0 Å². The summed E-state index contributed by atoms with van der Waals surface area (Å²) >= 11 is 0. The molecule has 0 N–H and O–H groups in total. The van der Waals surface area contributed by atoms with E-state index in [0.29, 0.717) is 0 Å². The lowest BCUT2D eigenvalue weighted by Gasteiger charge is -2.29. The Morgan fingerprint density at radius 2 is 1.76 bits per heavy atom. The van der Waals surface area contributed by atoms with E-state index in [1.165, 1.54) is 30.0 Å². The third kappa shape index (κ3) is 5.46. The Hall–Kier alpha value is -1.43. The summed E-state index contributed by atoms with van der Waals surface area (Å²) in [5, 5.41) is 0. The van der Waals surface area contributed by atoms with Gasteiger partial charge in [-0.25, -0.2) is 4.39 Å². The summed E-state index contributed by atoms with van der Waals surface area (Å²) in [6, 6.07) is 5.13. The lowest BCUT2D eigenvalue weighted by atomic mass is 9.98. The molecule has 0 aliphatic heterocycles. The van der Waals surface area contributed by atoms with Crippen LogP contribution >= 0.6 is 0 Å². The Morgan fingerprint density at radius 1 is 1.19 bits per heavy atom. The quantitative estimate of drug-likeness (QED) is 0.586. The lowest BCUT2D eigenvalue weighted by Crippen LogP contribution is -2.42. The van der Waals surface area contributed by atoms with Gasteiger partial charge in [0.05, 0.1) is 12.1 Å². The molecule has 6 heteroatoms. The summed E-state index contributed by atoms with van der Waals surface area (Å²) in [7, 11) is 0. The summed E-state index contributed by atoms with van der Waals surface area (Å²) < 4.78 is 51.1. The zero-order valence-corrected chi connectivity index (χ0v) is 12.2. The molecule has 2 nitrogen and oxygen atoms in total. The molecule has 118 valence electrons. The Balaban J connectivity index is 2.80. The fraction of sp³-hybridized carbons (Fsp3) is 0.533. The third-order valence-corrected chi connectivity index (χ3v) is 3.21. The van der Waals surface area contributed by atoms with E-state index in [9.17, 15) is 22.4 Å². The molecule has 1 unspecified atom stereocenters. The van der Waals surface area contributed by atoms with Crippen LogP contribution in [0.15, 0.2) is 24.3 Å². The van der Waals surface area contributed by atoms with Crippen molar-refractivity contribution < 1.29 is 22.4 Å². The van der Waals surface area contributed by atoms with Crippen molar-refractivity contribution in [3.05, 3.63) is 35.6 Å². The third-order valence-electron chi connectivity index (χ3n) is 3.21. The van der Waals surface area contributed by atoms with Crippen LogP contribution in [-0.2, 0) is 0 Å². The zero-order valence-electron chi connectivity index (χ0n) is 12.2. The molecule has 0 fully saturated rings. The van der Waals surface area contributed by atoms with Crippen LogP contribution in [0.3, 0.4) is 0 Å². The highest BCUT2D eigenvalue weighted by Gasteiger charge is 2.33. The highest BCUT2D eigenvalue weighted by molar-refractivity contribution is 5.98. The van der Waals surface area contributed by atoms with Crippen molar-refractivity contribution in [1.29, 1.82) is 0 Å². The van der Waals surface area contributed by atoms with Crippen LogP contribution < -0.4 is 0 Å². The van der Waals surface area contributed by atoms with Gasteiger partial charge in [0.15, 0.2) is 5.78 Å². The van der Waals surface area contributed by atoms with E-state index in [0.717, 1.165) is 6.07 Å². The van der Waals surface area contributed by atoms with Crippen LogP contribution in [0.2, 0.25) is 0 Å². The maximum atomic E-state index is 13.6. The first kappa shape index (κ1) is 17.6. The van der Waals surface area contributed by atoms with Gasteiger partial charge in [0.1, 0.15) is 5.82 Å². The van der Waals surface area contributed by atoms with E-state index >= 15 is 0 Å². The maximum Gasteiger partial charge on any atom is 0.401 e. The predicted octanol–water partition coefficient (Wildman–Crippen LogP) is 3.92. The lowest BCUT2D eigenvalue weighted by molar-refractivity contribution is -0.150. The summed E-state index contributed by atoms with van der Waals surface area (Å²) in [5.74, 6) is -1.85. The van der Waals surface area contributed by atoms with Gasteiger partial charge < -0.3 is 0 Å². The minimum absolute atomic E-state index is 0.0651. The number of benzene rings is 1. The number of ketones is 1. The molecule has 1 atom stereocenters. The first-order valence-corrected chi connectivity index (χ1v) is 6.71. The Bertz CT molecular complexity index is 485. The summed E-state index contributed by atoms with van der Waals surface area (Å²) in [6.45, 7) is 3.63. The molecular weight excluding hydrogens is 286 g/mol. The van der Waals surface area contributed by atoms with E-state index in [1.54, 1.807) is 13.8 Å². The molecular formula is C15H19F4NO. The van der Waals surface area contributed by atoms with Gasteiger partial charge in [-0.05, 0) is 26.0 Å². The van der Waals surface area contributed by atoms with Crippen molar-refractivity contribution in [3.8, 4) is 0 Å². The number of hydrogen-bond donors (Lipinski definition) is 0. The van der Waals surface area contributed by atoms with Crippen molar-refractivity contribution in [3.63, 3.8) is 0 Å². The van der Waals surface area contributed by atoms with Crippen molar-refractivity contribution in [2.75, 3.05) is 13.1 Å². The van der Waals surface area contributed by atoms with Gasteiger partial charge in [-0.15, -0.1) is 0 Å². The fourth-order valence-corrected chi connectivity index (χ4v) is 2.05. The normalized spacial score (nSPS) is 13.8. The number of Topliss-reactive ketones (excluding diaryl/α,β-unsaturated/α-hetero) is 1. The van der Waals surface area contributed by atoms with E-state index in [2.05, 4.69) is 0 Å². The number of carbonyl (C=O) groups is 1. The number of rotatable bonds is 6. The van der Waals surface area contributed by atoms with E-state index in [1.807, 2.05) is 0 Å². The van der Waals surface area contributed by atoms with Crippen LogP contribution in [0.25, 0.3) is 0 Å². The minimum Gasteiger partial charge on any atom is -0.294 e. The second-order valence-electron chi connectivity index (χ2n) is 5.38. The van der Waals surface area contributed by atoms with Gasteiger partial charge in [0, 0.05) is 18.5 Å². The molecule has 0 aliphatic rings. The number of halogens is 4. The van der Waals surface area contributed by atoms with Crippen molar-refractivity contribution >= 4 is 5.78 Å². The highest BCUT2D eigenvalue weighted by atomic mass is 19.4. The van der Waals surface area contributed by atoms with Crippen LogP contribution in [-0.4, -0.2) is 36.0 Å². The largest absolute Gasteiger partial charge is 0.401 e. The summed E-state index contributed by atoms with van der Waals surface area (Å²) in [6.07, 6.45) is -4.33. The van der Waals surface area contributed by atoms with Crippen LogP contribution in [0.1, 0.15) is 31.1 Å². The Morgan fingerprint density at radius 3 is 2.24 bits per heavy atom. The van der Waals surface area contributed by atoms with Crippen molar-refractivity contribution in [1.82, 2.24) is 4.90 Å². The number of alkyl halides is 3. The van der Waals surface area contributed by atoms with Gasteiger partial charge in [-0.2, -0.15) is 13.2 Å². The Kier molecular flexibility index (Phi) is 5.89. The van der Waals surface area contributed by atoms with Gasteiger partial charge in [0.2, 0.25) is 0 Å². The summed E-state index contributed by atoms with van der Waals surface area (Å²) in [5.41, 5.74) is -0.0827. The molecule has 0 saturated heterocycles. The standard InChI is InChI=1S/C15H19F4NO/c1-10(2)20(9-15(17,18)19)8-11(3)14(21)12-6-4-5-7-13(12)16/h4-7,10-11H,8-9H2,1-3H3. The van der Waals surface area contributed by atoms with E-state index < -0.39 is 30.2 Å². The average molecular weight is 305 g/mol. The maximum absolute atomic E-state index is 13.6.